The van der Waals surface area contributed by atoms with Crippen molar-refractivity contribution < 1.29 is 4.74 Å². The van der Waals surface area contributed by atoms with E-state index in [2.05, 4.69) is 26.8 Å². The van der Waals surface area contributed by atoms with Crippen LogP contribution in [0.5, 0.6) is 5.75 Å². The van der Waals surface area contributed by atoms with Gasteiger partial charge in [-0.05, 0) is 18.4 Å². The van der Waals surface area contributed by atoms with Gasteiger partial charge in [-0.1, -0.05) is 45.4 Å². The van der Waals surface area contributed by atoms with Gasteiger partial charge in [-0.3, -0.25) is 0 Å². The molecule has 0 radical (unpaired) electrons. The molecule has 2 nitrogen and oxygen atoms in total. The van der Waals surface area contributed by atoms with Gasteiger partial charge in [-0.25, -0.2) is 0 Å². The van der Waals surface area contributed by atoms with Crippen LogP contribution in [0.2, 0.25) is 0 Å². The molecule has 0 heterocycles. The lowest BCUT2D eigenvalue weighted by Gasteiger charge is -2.21. The Morgan fingerprint density at radius 1 is 1.25 bits per heavy atom. The molecule has 0 spiro atoms. The molecule has 2 heteroatoms. The molecule has 0 amide bonds. The maximum Gasteiger partial charge on any atom is 0.124 e. The van der Waals surface area contributed by atoms with E-state index in [0.29, 0.717) is 5.92 Å². The van der Waals surface area contributed by atoms with Gasteiger partial charge in [0.2, 0.25) is 0 Å². The summed E-state index contributed by atoms with van der Waals surface area (Å²) in [6.07, 6.45) is 2.11. The molecule has 16 heavy (non-hydrogen) atoms. The summed E-state index contributed by atoms with van der Waals surface area (Å²) in [5.74, 6) is 1.42. The van der Waals surface area contributed by atoms with Gasteiger partial charge >= 0.3 is 0 Å². The molecular weight excluding hydrogens is 198 g/mol. The van der Waals surface area contributed by atoms with E-state index in [9.17, 15) is 0 Å². The second-order valence-corrected chi connectivity index (χ2v) is 4.30. The van der Waals surface area contributed by atoms with E-state index < -0.39 is 0 Å². The number of para-hydroxylation sites is 1. The number of rotatable bonds is 6. The first-order valence-corrected chi connectivity index (χ1v) is 6.18. The molecular formula is C14H23NO. The maximum atomic E-state index is 6.24. The van der Waals surface area contributed by atoms with Crippen molar-refractivity contribution in [2.75, 3.05) is 6.61 Å². The lowest BCUT2D eigenvalue weighted by molar-refractivity contribution is 0.307. The fourth-order valence-corrected chi connectivity index (χ4v) is 1.66. The van der Waals surface area contributed by atoms with E-state index in [0.717, 1.165) is 30.8 Å². The summed E-state index contributed by atoms with van der Waals surface area (Å²) in [6.45, 7) is 7.21. The average molecular weight is 221 g/mol. The fourth-order valence-electron chi connectivity index (χ4n) is 1.66. The summed E-state index contributed by atoms with van der Waals surface area (Å²) in [5.41, 5.74) is 7.37. The molecule has 1 rings (SSSR count). The summed E-state index contributed by atoms with van der Waals surface area (Å²) >= 11 is 0. The highest BCUT2D eigenvalue weighted by Gasteiger charge is 2.16. The molecule has 2 atom stereocenters. The molecule has 2 unspecified atom stereocenters. The highest BCUT2D eigenvalue weighted by molar-refractivity contribution is 5.36. The minimum Gasteiger partial charge on any atom is -0.493 e. The van der Waals surface area contributed by atoms with Crippen molar-refractivity contribution in [3.8, 4) is 5.75 Å². The van der Waals surface area contributed by atoms with Crippen LogP contribution in [0, 0.1) is 5.92 Å². The summed E-state index contributed by atoms with van der Waals surface area (Å²) in [4.78, 5) is 0. The summed E-state index contributed by atoms with van der Waals surface area (Å²) in [6, 6.07) is 8.17. The zero-order chi connectivity index (χ0) is 12.0. The number of nitrogens with two attached hydrogens (primary N) is 1. The smallest absolute Gasteiger partial charge is 0.124 e. The summed E-state index contributed by atoms with van der Waals surface area (Å²) in [5, 5.41) is 0. The van der Waals surface area contributed by atoms with E-state index in [-0.39, 0.29) is 6.04 Å². The standard InChI is InChI=1S/C14H23NO/c1-4-10-16-13-9-7-6-8-12(13)14(15)11(3)5-2/h6-9,11,14H,4-5,10,15H2,1-3H3. The molecule has 0 aliphatic heterocycles. The van der Waals surface area contributed by atoms with Crippen LogP contribution in [0.15, 0.2) is 24.3 Å². The van der Waals surface area contributed by atoms with Crippen molar-refractivity contribution in [3.63, 3.8) is 0 Å². The van der Waals surface area contributed by atoms with Crippen molar-refractivity contribution >= 4 is 0 Å². The van der Waals surface area contributed by atoms with Crippen LogP contribution in [-0.4, -0.2) is 6.61 Å². The van der Waals surface area contributed by atoms with Gasteiger partial charge < -0.3 is 10.5 Å². The van der Waals surface area contributed by atoms with Gasteiger partial charge in [-0.15, -0.1) is 0 Å². The van der Waals surface area contributed by atoms with Crippen LogP contribution >= 0.6 is 0 Å². The third-order valence-electron chi connectivity index (χ3n) is 3.00. The van der Waals surface area contributed by atoms with E-state index in [1.807, 2.05) is 18.2 Å². The number of hydrogen-bond donors (Lipinski definition) is 1. The van der Waals surface area contributed by atoms with E-state index in [1.165, 1.54) is 0 Å². The zero-order valence-corrected chi connectivity index (χ0v) is 10.6. The second-order valence-electron chi connectivity index (χ2n) is 4.30. The first-order valence-electron chi connectivity index (χ1n) is 6.18. The first-order chi connectivity index (χ1) is 7.70. The zero-order valence-electron chi connectivity index (χ0n) is 10.6. The minimum absolute atomic E-state index is 0.0676. The summed E-state index contributed by atoms with van der Waals surface area (Å²) < 4.78 is 5.72. The number of benzene rings is 1. The van der Waals surface area contributed by atoms with E-state index in [1.54, 1.807) is 0 Å². The second kappa shape index (κ2) is 6.54. The molecule has 0 bridgehead atoms. The third-order valence-corrected chi connectivity index (χ3v) is 3.00. The topological polar surface area (TPSA) is 35.2 Å². The largest absolute Gasteiger partial charge is 0.493 e. The molecule has 0 aliphatic rings. The Kier molecular flexibility index (Phi) is 5.33. The molecule has 1 aromatic carbocycles. The number of hydrogen-bond acceptors (Lipinski definition) is 2. The van der Waals surface area contributed by atoms with Gasteiger partial charge in [-0.2, -0.15) is 0 Å². The van der Waals surface area contributed by atoms with Crippen molar-refractivity contribution in [1.82, 2.24) is 0 Å². The Hall–Kier alpha value is -1.02. The Bertz CT molecular complexity index is 311. The monoisotopic (exact) mass is 221 g/mol. The van der Waals surface area contributed by atoms with Gasteiger partial charge in [0.1, 0.15) is 5.75 Å². The molecule has 90 valence electrons. The van der Waals surface area contributed by atoms with Crippen molar-refractivity contribution in [3.05, 3.63) is 29.8 Å². The van der Waals surface area contributed by atoms with Gasteiger partial charge in [0, 0.05) is 11.6 Å². The molecule has 0 saturated carbocycles. The fraction of sp³-hybridized carbons (Fsp3) is 0.571. The van der Waals surface area contributed by atoms with Gasteiger partial charge in [0.15, 0.2) is 0 Å². The van der Waals surface area contributed by atoms with Crippen LogP contribution < -0.4 is 10.5 Å². The van der Waals surface area contributed by atoms with Gasteiger partial charge in [0.25, 0.3) is 0 Å². The van der Waals surface area contributed by atoms with Crippen molar-refractivity contribution in [2.24, 2.45) is 11.7 Å². The van der Waals surface area contributed by atoms with Crippen LogP contribution in [0.25, 0.3) is 0 Å². The Balaban J connectivity index is 2.84. The molecule has 0 saturated heterocycles. The van der Waals surface area contributed by atoms with E-state index in [4.69, 9.17) is 10.5 Å². The quantitative estimate of drug-likeness (QED) is 0.797. The van der Waals surface area contributed by atoms with Crippen LogP contribution in [0.3, 0.4) is 0 Å². The van der Waals surface area contributed by atoms with E-state index >= 15 is 0 Å². The molecule has 0 aliphatic carbocycles. The number of ether oxygens (including phenoxy) is 1. The molecule has 0 fully saturated rings. The Labute approximate surface area is 98.8 Å². The molecule has 2 N–H and O–H groups in total. The maximum absolute atomic E-state index is 6.24. The minimum atomic E-state index is 0.0676. The van der Waals surface area contributed by atoms with Crippen LogP contribution in [0.1, 0.15) is 45.2 Å². The van der Waals surface area contributed by atoms with Crippen LogP contribution in [0.4, 0.5) is 0 Å². The lowest BCUT2D eigenvalue weighted by atomic mass is 9.93. The highest BCUT2D eigenvalue weighted by Crippen LogP contribution is 2.29. The highest BCUT2D eigenvalue weighted by atomic mass is 16.5. The lowest BCUT2D eigenvalue weighted by Crippen LogP contribution is -2.19. The molecule has 1 aromatic rings. The third kappa shape index (κ3) is 3.24. The summed E-state index contributed by atoms with van der Waals surface area (Å²) in [7, 11) is 0. The predicted molar refractivity (Wildman–Crippen MR) is 68.6 cm³/mol. The van der Waals surface area contributed by atoms with Crippen molar-refractivity contribution in [2.45, 2.75) is 39.7 Å². The SMILES string of the molecule is CCCOc1ccccc1C(N)C(C)CC. The Morgan fingerprint density at radius 2 is 1.94 bits per heavy atom. The molecule has 0 aromatic heterocycles. The average Bonchev–Trinajstić information content (AvgIpc) is 2.34. The predicted octanol–water partition coefficient (Wildman–Crippen LogP) is 3.52. The van der Waals surface area contributed by atoms with Gasteiger partial charge in [0.05, 0.1) is 6.61 Å². The van der Waals surface area contributed by atoms with Crippen molar-refractivity contribution in [1.29, 1.82) is 0 Å². The first kappa shape index (κ1) is 13.0. The van der Waals surface area contributed by atoms with Crippen LogP contribution in [-0.2, 0) is 0 Å². The Morgan fingerprint density at radius 3 is 2.56 bits per heavy atom. The normalized spacial score (nSPS) is 14.5.